The number of ether oxygens (including phenoxy) is 1. The minimum absolute atomic E-state index is 0.267. The maximum atomic E-state index is 12.1. The molecule has 0 bridgehead atoms. The van der Waals surface area contributed by atoms with E-state index in [1.54, 1.807) is 0 Å². The number of nitrogens with one attached hydrogen (secondary N) is 1. The van der Waals surface area contributed by atoms with E-state index in [4.69, 9.17) is 4.74 Å². The fourth-order valence-electron chi connectivity index (χ4n) is 2.62. The molecule has 6 nitrogen and oxygen atoms in total. The molecule has 0 spiro atoms. The van der Waals surface area contributed by atoms with E-state index in [0.717, 1.165) is 25.4 Å². The zero-order chi connectivity index (χ0) is 15.2. The van der Waals surface area contributed by atoms with Gasteiger partial charge in [-0.25, -0.2) is 9.59 Å². The van der Waals surface area contributed by atoms with Gasteiger partial charge in [-0.05, 0) is 43.9 Å². The first-order valence-corrected chi connectivity index (χ1v) is 7.93. The SMILES string of the molecule is CC1CCN(C(=O)NCCCOCC2CC2)C(C(=O)O)C1. The van der Waals surface area contributed by atoms with E-state index < -0.39 is 12.0 Å². The van der Waals surface area contributed by atoms with Crippen molar-refractivity contribution in [3.8, 4) is 0 Å². The van der Waals surface area contributed by atoms with Crippen LogP contribution in [0.3, 0.4) is 0 Å². The molecule has 1 aliphatic heterocycles. The Bertz CT molecular complexity index is 371. The normalized spacial score (nSPS) is 25.7. The Kier molecular flexibility index (Phi) is 5.85. The molecule has 2 N–H and O–H groups in total. The molecule has 6 heteroatoms. The maximum absolute atomic E-state index is 12.1. The average molecular weight is 298 g/mol. The van der Waals surface area contributed by atoms with Crippen LogP contribution in [-0.2, 0) is 9.53 Å². The van der Waals surface area contributed by atoms with Crippen LogP contribution < -0.4 is 5.32 Å². The summed E-state index contributed by atoms with van der Waals surface area (Å²) in [6.45, 7) is 4.56. The number of urea groups is 1. The molecule has 1 saturated heterocycles. The first kappa shape index (κ1) is 16.1. The topological polar surface area (TPSA) is 78.9 Å². The van der Waals surface area contributed by atoms with Crippen LogP contribution >= 0.6 is 0 Å². The summed E-state index contributed by atoms with van der Waals surface area (Å²) in [5.74, 6) is 0.196. The van der Waals surface area contributed by atoms with Crippen molar-refractivity contribution in [1.82, 2.24) is 10.2 Å². The summed E-state index contributed by atoms with van der Waals surface area (Å²) in [5, 5.41) is 12.0. The predicted octanol–water partition coefficient (Wildman–Crippen LogP) is 1.70. The Labute approximate surface area is 125 Å². The van der Waals surface area contributed by atoms with E-state index in [9.17, 15) is 14.7 Å². The second kappa shape index (κ2) is 7.64. The molecule has 2 amide bonds. The highest BCUT2D eigenvalue weighted by atomic mass is 16.5. The Morgan fingerprint density at radius 3 is 2.76 bits per heavy atom. The van der Waals surface area contributed by atoms with Crippen molar-refractivity contribution in [3.05, 3.63) is 0 Å². The lowest BCUT2D eigenvalue weighted by Crippen LogP contribution is -2.53. The third kappa shape index (κ3) is 5.19. The average Bonchev–Trinajstić information content (AvgIpc) is 3.26. The van der Waals surface area contributed by atoms with E-state index in [0.29, 0.717) is 32.0 Å². The fourth-order valence-corrected chi connectivity index (χ4v) is 2.62. The summed E-state index contributed by atoms with van der Waals surface area (Å²) in [6.07, 6.45) is 4.72. The maximum Gasteiger partial charge on any atom is 0.326 e. The van der Waals surface area contributed by atoms with Crippen LogP contribution in [0, 0.1) is 11.8 Å². The van der Waals surface area contributed by atoms with E-state index in [1.165, 1.54) is 17.7 Å². The Morgan fingerprint density at radius 2 is 2.10 bits per heavy atom. The molecule has 2 rings (SSSR count). The summed E-state index contributed by atoms with van der Waals surface area (Å²) in [4.78, 5) is 24.8. The Balaban J connectivity index is 1.64. The van der Waals surface area contributed by atoms with Crippen molar-refractivity contribution >= 4 is 12.0 Å². The molecule has 0 radical (unpaired) electrons. The highest BCUT2D eigenvalue weighted by Crippen LogP contribution is 2.28. The molecule has 1 saturated carbocycles. The number of carbonyl (C=O) groups is 2. The minimum atomic E-state index is -0.913. The standard InChI is InChI=1S/C15H26N2O4/c1-11-5-7-17(13(9-11)14(18)19)15(20)16-6-2-8-21-10-12-3-4-12/h11-13H,2-10H2,1H3,(H,16,20)(H,18,19). The van der Waals surface area contributed by atoms with Gasteiger partial charge in [-0.1, -0.05) is 6.92 Å². The second-order valence-electron chi connectivity index (χ2n) is 6.28. The van der Waals surface area contributed by atoms with Crippen LogP contribution in [-0.4, -0.2) is 54.4 Å². The van der Waals surface area contributed by atoms with Crippen molar-refractivity contribution in [2.45, 2.75) is 45.1 Å². The number of hydrogen-bond donors (Lipinski definition) is 2. The number of likely N-dealkylation sites (tertiary alicyclic amines) is 1. The lowest BCUT2D eigenvalue weighted by atomic mass is 9.93. The van der Waals surface area contributed by atoms with E-state index >= 15 is 0 Å². The van der Waals surface area contributed by atoms with Gasteiger partial charge in [-0.2, -0.15) is 0 Å². The molecule has 2 unspecified atom stereocenters. The predicted molar refractivity (Wildman–Crippen MR) is 78.1 cm³/mol. The van der Waals surface area contributed by atoms with Crippen LogP contribution in [0.2, 0.25) is 0 Å². The summed E-state index contributed by atoms with van der Waals surface area (Å²) < 4.78 is 5.50. The molecule has 120 valence electrons. The number of piperidine rings is 1. The molecular weight excluding hydrogens is 272 g/mol. The molecule has 2 aliphatic rings. The quantitative estimate of drug-likeness (QED) is 0.701. The van der Waals surface area contributed by atoms with Crippen LogP contribution in [0.4, 0.5) is 4.79 Å². The number of carbonyl (C=O) groups excluding carboxylic acids is 1. The van der Waals surface area contributed by atoms with Gasteiger partial charge in [0.05, 0.1) is 0 Å². The lowest BCUT2D eigenvalue weighted by molar-refractivity contribution is -0.143. The Hall–Kier alpha value is -1.30. The zero-order valence-corrected chi connectivity index (χ0v) is 12.7. The third-order valence-corrected chi connectivity index (χ3v) is 4.20. The van der Waals surface area contributed by atoms with Crippen LogP contribution in [0.25, 0.3) is 0 Å². The number of carboxylic acid groups (broad SMARTS) is 1. The highest BCUT2D eigenvalue weighted by molar-refractivity contribution is 5.82. The van der Waals surface area contributed by atoms with E-state index in [-0.39, 0.29) is 6.03 Å². The molecule has 21 heavy (non-hydrogen) atoms. The summed E-state index contributed by atoms with van der Waals surface area (Å²) in [6, 6.07) is -0.962. The number of hydrogen-bond acceptors (Lipinski definition) is 3. The molecule has 2 atom stereocenters. The summed E-state index contributed by atoms with van der Waals surface area (Å²) in [7, 11) is 0. The first-order chi connectivity index (χ1) is 10.1. The molecule has 0 aromatic rings. The van der Waals surface area contributed by atoms with Gasteiger partial charge in [0.25, 0.3) is 0 Å². The molecule has 0 aromatic carbocycles. The number of rotatable bonds is 7. The fraction of sp³-hybridized carbons (Fsp3) is 0.867. The number of aliphatic carboxylic acids is 1. The van der Waals surface area contributed by atoms with Crippen molar-refractivity contribution in [1.29, 1.82) is 0 Å². The smallest absolute Gasteiger partial charge is 0.326 e. The molecule has 2 fully saturated rings. The third-order valence-electron chi connectivity index (χ3n) is 4.20. The van der Waals surface area contributed by atoms with Crippen LogP contribution in [0.5, 0.6) is 0 Å². The van der Waals surface area contributed by atoms with Crippen LogP contribution in [0.1, 0.15) is 39.0 Å². The van der Waals surface area contributed by atoms with Gasteiger partial charge in [0.1, 0.15) is 6.04 Å². The highest BCUT2D eigenvalue weighted by Gasteiger charge is 2.34. The molecule has 0 aromatic heterocycles. The van der Waals surface area contributed by atoms with Crippen molar-refractivity contribution in [2.75, 3.05) is 26.3 Å². The first-order valence-electron chi connectivity index (χ1n) is 7.93. The van der Waals surface area contributed by atoms with E-state index in [1.807, 2.05) is 6.92 Å². The Morgan fingerprint density at radius 1 is 1.33 bits per heavy atom. The molecule has 1 heterocycles. The van der Waals surface area contributed by atoms with Crippen LogP contribution in [0.15, 0.2) is 0 Å². The van der Waals surface area contributed by atoms with Gasteiger partial charge in [-0.3, -0.25) is 0 Å². The van der Waals surface area contributed by atoms with E-state index in [2.05, 4.69) is 5.32 Å². The zero-order valence-electron chi connectivity index (χ0n) is 12.7. The molecule has 1 aliphatic carbocycles. The van der Waals surface area contributed by atoms with Gasteiger partial charge in [-0.15, -0.1) is 0 Å². The van der Waals surface area contributed by atoms with Gasteiger partial charge in [0.15, 0.2) is 0 Å². The molecular formula is C15H26N2O4. The minimum Gasteiger partial charge on any atom is -0.480 e. The summed E-state index contributed by atoms with van der Waals surface area (Å²) >= 11 is 0. The summed E-state index contributed by atoms with van der Waals surface area (Å²) in [5.41, 5.74) is 0. The van der Waals surface area contributed by atoms with Crippen molar-refractivity contribution in [3.63, 3.8) is 0 Å². The number of amides is 2. The number of carboxylic acids is 1. The van der Waals surface area contributed by atoms with Crippen molar-refractivity contribution < 1.29 is 19.4 Å². The second-order valence-corrected chi connectivity index (χ2v) is 6.28. The van der Waals surface area contributed by atoms with Crippen molar-refractivity contribution in [2.24, 2.45) is 11.8 Å². The van der Waals surface area contributed by atoms with Gasteiger partial charge < -0.3 is 20.1 Å². The monoisotopic (exact) mass is 298 g/mol. The van der Waals surface area contributed by atoms with Gasteiger partial charge in [0.2, 0.25) is 0 Å². The van der Waals surface area contributed by atoms with Gasteiger partial charge >= 0.3 is 12.0 Å². The number of nitrogens with zero attached hydrogens (tertiary/aromatic N) is 1. The largest absolute Gasteiger partial charge is 0.480 e. The van der Waals surface area contributed by atoms with Gasteiger partial charge in [0, 0.05) is 26.3 Å². The lowest BCUT2D eigenvalue weighted by Gasteiger charge is -2.35.